The minimum Gasteiger partial charge on any atom is -0.387 e. The first-order valence-electron chi connectivity index (χ1n) is 4.19. The Morgan fingerprint density at radius 2 is 2.08 bits per heavy atom. The molecule has 2 N–H and O–H groups in total. The highest BCUT2D eigenvalue weighted by atomic mass is 16.3. The van der Waals surface area contributed by atoms with Crippen LogP contribution in [0, 0.1) is 0 Å². The molecule has 0 heterocycles. The Morgan fingerprint density at radius 1 is 1.58 bits per heavy atom. The molecule has 1 unspecified atom stereocenters. The third kappa shape index (κ3) is 1.85. The van der Waals surface area contributed by atoms with Crippen LogP contribution in [0.2, 0.25) is 0 Å². The molecule has 3 heteroatoms. The van der Waals surface area contributed by atoms with Crippen LogP contribution in [0.15, 0.2) is 12.2 Å². The number of amides is 1. The van der Waals surface area contributed by atoms with Gasteiger partial charge < -0.3 is 10.4 Å². The normalized spacial score (nSPS) is 22.2. The molecular formula is C9H15NO2. The highest BCUT2D eigenvalue weighted by Gasteiger charge is 2.34. The largest absolute Gasteiger partial charge is 0.387 e. The second-order valence-electron chi connectivity index (χ2n) is 3.41. The Kier molecular flexibility index (Phi) is 2.52. The van der Waals surface area contributed by atoms with Gasteiger partial charge in [0.2, 0.25) is 5.91 Å². The van der Waals surface area contributed by atoms with Crippen LogP contribution < -0.4 is 5.32 Å². The zero-order chi connectivity index (χ0) is 9.19. The summed E-state index contributed by atoms with van der Waals surface area (Å²) in [6.07, 6.45) is 5.15. The summed E-state index contributed by atoms with van der Waals surface area (Å²) in [5.41, 5.74) is -0.758. The van der Waals surface area contributed by atoms with E-state index in [1.54, 1.807) is 0 Å². The second kappa shape index (κ2) is 3.27. The first-order chi connectivity index (χ1) is 5.54. The summed E-state index contributed by atoms with van der Waals surface area (Å²) in [5.74, 6) is -0.0946. The summed E-state index contributed by atoms with van der Waals surface area (Å²) < 4.78 is 0. The molecule has 0 saturated carbocycles. The average Bonchev–Trinajstić information content (AvgIpc) is 2.36. The summed E-state index contributed by atoms with van der Waals surface area (Å²) in [7, 11) is 0. The van der Waals surface area contributed by atoms with E-state index >= 15 is 0 Å². The molecule has 1 atom stereocenters. The van der Waals surface area contributed by atoms with Gasteiger partial charge in [0.15, 0.2) is 0 Å². The topological polar surface area (TPSA) is 49.3 Å². The van der Waals surface area contributed by atoms with Gasteiger partial charge in [-0.25, -0.2) is 0 Å². The van der Waals surface area contributed by atoms with Gasteiger partial charge in [0, 0.05) is 6.92 Å². The standard InChI is InChI=1S/C9H15NO2/c1-7(10-8(2)11)9(12)5-3-4-6-9/h3-4,7,12H,5-6H2,1-2H3,(H,10,11). The molecule has 0 radical (unpaired) electrons. The summed E-state index contributed by atoms with van der Waals surface area (Å²) in [4.78, 5) is 10.7. The third-order valence-corrected chi connectivity index (χ3v) is 2.34. The molecule has 1 rings (SSSR count). The van der Waals surface area contributed by atoms with Crippen LogP contribution >= 0.6 is 0 Å². The highest BCUT2D eigenvalue weighted by molar-refractivity contribution is 5.73. The second-order valence-corrected chi connectivity index (χ2v) is 3.41. The van der Waals surface area contributed by atoms with Crippen molar-refractivity contribution in [2.24, 2.45) is 0 Å². The lowest BCUT2D eigenvalue weighted by atomic mass is 9.93. The molecule has 0 saturated heterocycles. The monoisotopic (exact) mass is 169 g/mol. The summed E-state index contributed by atoms with van der Waals surface area (Å²) in [5, 5.41) is 12.6. The minimum atomic E-state index is -0.758. The molecule has 12 heavy (non-hydrogen) atoms. The van der Waals surface area contributed by atoms with Crippen molar-refractivity contribution in [3.8, 4) is 0 Å². The van der Waals surface area contributed by atoms with Gasteiger partial charge in [-0.05, 0) is 19.8 Å². The minimum absolute atomic E-state index is 0.0946. The third-order valence-electron chi connectivity index (χ3n) is 2.34. The van der Waals surface area contributed by atoms with Crippen molar-refractivity contribution in [3.05, 3.63) is 12.2 Å². The fourth-order valence-corrected chi connectivity index (χ4v) is 1.45. The molecule has 3 nitrogen and oxygen atoms in total. The fourth-order valence-electron chi connectivity index (χ4n) is 1.45. The van der Waals surface area contributed by atoms with Crippen LogP contribution in [-0.2, 0) is 4.79 Å². The number of nitrogens with one attached hydrogen (secondary N) is 1. The molecule has 1 aliphatic carbocycles. The van der Waals surface area contributed by atoms with Crippen molar-refractivity contribution >= 4 is 5.91 Å². The van der Waals surface area contributed by atoms with Crippen LogP contribution in [0.25, 0.3) is 0 Å². The smallest absolute Gasteiger partial charge is 0.217 e. The van der Waals surface area contributed by atoms with E-state index in [1.807, 2.05) is 19.1 Å². The van der Waals surface area contributed by atoms with E-state index in [9.17, 15) is 9.90 Å². The molecule has 0 fully saturated rings. The Morgan fingerprint density at radius 3 is 2.50 bits per heavy atom. The van der Waals surface area contributed by atoms with Gasteiger partial charge in [0.1, 0.15) is 0 Å². The van der Waals surface area contributed by atoms with Gasteiger partial charge in [-0.1, -0.05) is 12.2 Å². The maximum atomic E-state index is 10.7. The van der Waals surface area contributed by atoms with Crippen molar-refractivity contribution in [1.29, 1.82) is 0 Å². The maximum absolute atomic E-state index is 10.7. The molecule has 0 aromatic carbocycles. The number of hydrogen-bond acceptors (Lipinski definition) is 2. The maximum Gasteiger partial charge on any atom is 0.217 e. The number of aliphatic hydroxyl groups is 1. The van der Waals surface area contributed by atoms with E-state index in [4.69, 9.17) is 0 Å². The lowest BCUT2D eigenvalue weighted by Crippen LogP contribution is -2.48. The molecular weight excluding hydrogens is 154 g/mol. The van der Waals surface area contributed by atoms with Crippen LogP contribution in [0.3, 0.4) is 0 Å². The van der Waals surface area contributed by atoms with E-state index in [-0.39, 0.29) is 11.9 Å². The average molecular weight is 169 g/mol. The predicted molar refractivity (Wildman–Crippen MR) is 46.6 cm³/mol. The summed E-state index contributed by atoms with van der Waals surface area (Å²) in [6, 6.07) is -0.176. The first kappa shape index (κ1) is 9.26. The van der Waals surface area contributed by atoms with Crippen molar-refractivity contribution in [1.82, 2.24) is 5.32 Å². The highest BCUT2D eigenvalue weighted by Crippen LogP contribution is 2.26. The predicted octanol–water partition coefficient (Wildman–Crippen LogP) is 0.592. The van der Waals surface area contributed by atoms with Gasteiger partial charge in [0.25, 0.3) is 0 Å². The van der Waals surface area contributed by atoms with Gasteiger partial charge in [0.05, 0.1) is 11.6 Å². The first-order valence-corrected chi connectivity index (χ1v) is 4.19. The Hall–Kier alpha value is -0.830. The molecule has 0 aromatic rings. The number of carbonyl (C=O) groups excluding carboxylic acids is 1. The summed E-state index contributed by atoms with van der Waals surface area (Å²) in [6.45, 7) is 3.29. The van der Waals surface area contributed by atoms with Crippen LogP contribution in [0.4, 0.5) is 0 Å². The van der Waals surface area contributed by atoms with Crippen molar-refractivity contribution in [2.75, 3.05) is 0 Å². The Labute approximate surface area is 72.5 Å². The summed E-state index contributed by atoms with van der Waals surface area (Å²) >= 11 is 0. The van der Waals surface area contributed by atoms with Crippen molar-refractivity contribution < 1.29 is 9.90 Å². The van der Waals surface area contributed by atoms with Gasteiger partial charge in [-0.15, -0.1) is 0 Å². The van der Waals surface area contributed by atoms with Gasteiger partial charge >= 0.3 is 0 Å². The Bertz CT molecular complexity index is 203. The van der Waals surface area contributed by atoms with E-state index in [0.29, 0.717) is 12.8 Å². The van der Waals surface area contributed by atoms with Gasteiger partial charge in [-0.3, -0.25) is 4.79 Å². The zero-order valence-electron chi connectivity index (χ0n) is 7.50. The lowest BCUT2D eigenvalue weighted by Gasteiger charge is -2.29. The molecule has 1 aliphatic rings. The number of hydrogen-bond donors (Lipinski definition) is 2. The van der Waals surface area contributed by atoms with E-state index in [0.717, 1.165) is 0 Å². The van der Waals surface area contributed by atoms with E-state index in [2.05, 4.69) is 5.32 Å². The zero-order valence-corrected chi connectivity index (χ0v) is 7.50. The van der Waals surface area contributed by atoms with E-state index in [1.165, 1.54) is 6.92 Å². The van der Waals surface area contributed by atoms with Crippen LogP contribution in [-0.4, -0.2) is 22.7 Å². The fraction of sp³-hybridized carbons (Fsp3) is 0.667. The quantitative estimate of drug-likeness (QED) is 0.594. The molecule has 1 amide bonds. The van der Waals surface area contributed by atoms with Crippen molar-refractivity contribution in [2.45, 2.75) is 38.3 Å². The number of rotatable bonds is 2. The van der Waals surface area contributed by atoms with Crippen LogP contribution in [0.5, 0.6) is 0 Å². The molecule has 0 bridgehead atoms. The molecule has 0 aliphatic heterocycles. The van der Waals surface area contributed by atoms with E-state index < -0.39 is 5.60 Å². The lowest BCUT2D eigenvalue weighted by molar-refractivity contribution is -0.121. The molecule has 0 aromatic heterocycles. The molecule has 0 spiro atoms. The number of carbonyl (C=O) groups is 1. The van der Waals surface area contributed by atoms with Crippen molar-refractivity contribution in [3.63, 3.8) is 0 Å². The Balaban J connectivity index is 2.51. The SMILES string of the molecule is CC(=O)NC(C)C1(O)CC=CC1. The van der Waals surface area contributed by atoms with Gasteiger partial charge in [-0.2, -0.15) is 0 Å². The molecule has 68 valence electrons. The van der Waals surface area contributed by atoms with Crippen LogP contribution in [0.1, 0.15) is 26.7 Å².